The van der Waals surface area contributed by atoms with Gasteiger partial charge in [-0.1, -0.05) is 35.4 Å². The lowest BCUT2D eigenvalue weighted by atomic mass is 10.0. The number of anilines is 1. The highest BCUT2D eigenvalue weighted by Crippen LogP contribution is 2.27. The fourth-order valence-corrected chi connectivity index (χ4v) is 3.62. The first-order valence-electron chi connectivity index (χ1n) is 9.44. The van der Waals surface area contributed by atoms with E-state index in [4.69, 9.17) is 13.8 Å². The van der Waals surface area contributed by atoms with Crippen LogP contribution in [-0.4, -0.2) is 27.3 Å². The molecule has 0 aliphatic carbocycles. The summed E-state index contributed by atoms with van der Waals surface area (Å²) in [6.07, 6.45) is 3.54. The molecule has 0 fully saturated rings. The SMILES string of the molecule is CSc1ccc(-c2cc(C(=O)Nc3nnc(-c4ccco4)o3)c3ccccc3n2)cc1. The van der Waals surface area contributed by atoms with Crippen LogP contribution in [0.25, 0.3) is 33.8 Å². The molecule has 0 spiro atoms. The minimum absolute atomic E-state index is 0.0110. The third kappa shape index (κ3) is 3.80. The van der Waals surface area contributed by atoms with Crippen molar-refractivity contribution in [1.29, 1.82) is 0 Å². The highest BCUT2D eigenvalue weighted by atomic mass is 32.2. The molecular weight excluding hydrogens is 412 g/mol. The molecule has 3 heterocycles. The minimum Gasteiger partial charge on any atom is -0.459 e. The Morgan fingerprint density at radius 1 is 1.00 bits per heavy atom. The Hall–Kier alpha value is -3.91. The van der Waals surface area contributed by atoms with Crippen molar-refractivity contribution in [2.24, 2.45) is 0 Å². The van der Waals surface area contributed by atoms with Gasteiger partial charge in [-0.15, -0.1) is 16.9 Å². The number of amides is 1. The first kappa shape index (κ1) is 19.1. The van der Waals surface area contributed by atoms with Crippen LogP contribution in [0.2, 0.25) is 0 Å². The molecule has 0 saturated heterocycles. The smallest absolute Gasteiger partial charge is 0.322 e. The zero-order chi connectivity index (χ0) is 21.2. The number of furan rings is 1. The molecule has 7 nitrogen and oxygen atoms in total. The molecule has 1 N–H and O–H groups in total. The molecule has 0 aliphatic rings. The second-order valence-corrected chi connectivity index (χ2v) is 7.52. The quantitative estimate of drug-likeness (QED) is 0.368. The molecule has 2 aromatic carbocycles. The number of pyridine rings is 1. The van der Waals surface area contributed by atoms with Crippen molar-refractivity contribution in [3.05, 3.63) is 78.6 Å². The van der Waals surface area contributed by atoms with Crippen LogP contribution in [0.5, 0.6) is 0 Å². The summed E-state index contributed by atoms with van der Waals surface area (Å²) < 4.78 is 10.7. The van der Waals surface area contributed by atoms with Gasteiger partial charge in [0.1, 0.15) is 0 Å². The van der Waals surface area contributed by atoms with Gasteiger partial charge in [0.25, 0.3) is 11.8 Å². The van der Waals surface area contributed by atoms with Gasteiger partial charge in [0.15, 0.2) is 5.76 Å². The van der Waals surface area contributed by atoms with Crippen LogP contribution in [0, 0.1) is 0 Å². The summed E-state index contributed by atoms with van der Waals surface area (Å²) in [5.41, 5.74) is 2.82. The molecule has 0 radical (unpaired) electrons. The van der Waals surface area contributed by atoms with Crippen LogP contribution in [0.3, 0.4) is 0 Å². The number of carbonyl (C=O) groups excluding carboxylic acids is 1. The van der Waals surface area contributed by atoms with Crippen molar-refractivity contribution in [2.75, 3.05) is 11.6 Å². The summed E-state index contributed by atoms with van der Waals surface area (Å²) in [5.74, 6) is 0.253. The lowest BCUT2D eigenvalue weighted by Crippen LogP contribution is -2.13. The third-order valence-electron chi connectivity index (χ3n) is 4.72. The summed E-state index contributed by atoms with van der Waals surface area (Å²) in [7, 11) is 0. The predicted octanol–water partition coefficient (Wildman–Crippen LogP) is 5.52. The van der Waals surface area contributed by atoms with E-state index in [-0.39, 0.29) is 17.8 Å². The van der Waals surface area contributed by atoms with Crippen LogP contribution in [0.15, 0.2) is 86.7 Å². The first-order valence-corrected chi connectivity index (χ1v) is 10.7. The van der Waals surface area contributed by atoms with Crippen molar-refractivity contribution in [2.45, 2.75) is 4.90 Å². The van der Waals surface area contributed by atoms with Gasteiger partial charge in [-0.3, -0.25) is 10.1 Å². The fourth-order valence-electron chi connectivity index (χ4n) is 3.21. The van der Waals surface area contributed by atoms with Crippen molar-refractivity contribution < 1.29 is 13.6 Å². The van der Waals surface area contributed by atoms with Gasteiger partial charge in [0.05, 0.1) is 23.0 Å². The van der Waals surface area contributed by atoms with E-state index in [9.17, 15) is 4.79 Å². The average molecular weight is 428 g/mol. The zero-order valence-electron chi connectivity index (χ0n) is 16.4. The lowest BCUT2D eigenvalue weighted by molar-refractivity contribution is 0.102. The summed E-state index contributed by atoms with van der Waals surface area (Å²) >= 11 is 1.67. The molecule has 0 bridgehead atoms. The number of hydrogen-bond donors (Lipinski definition) is 1. The minimum atomic E-state index is -0.366. The Balaban J connectivity index is 1.51. The van der Waals surface area contributed by atoms with Crippen LogP contribution < -0.4 is 5.32 Å². The maximum absolute atomic E-state index is 13.1. The molecule has 1 amide bonds. The van der Waals surface area contributed by atoms with E-state index in [0.717, 1.165) is 21.4 Å². The largest absolute Gasteiger partial charge is 0.459 e. The van der Waals surface area contributed by atoms with Crippen molar-refractivity contribution in [1.82, 2.24) is 15.2 Å². The Bertz CT molecular complexity index is 1360. The average Bonchev–Trinajstić information content (AvgIpc) is 3.50. The van der Waals surface area contributed by atoms with Gasteiger partial charge in [-0.2, -0.15) is 0 Å². The molecule has 8 heteroatoms. The van der Waals surface area contributed by atoms with E-state index in [1.54, 1.807) is 30.0 Å². The predicted molar refractivity (Wildman–Crippen MR) is 119 cm³/mol. The van der Waals surface area contributed by atoms with E-state index in [1.165, 1.54) is 6.26 Å². The van der Waals surface area contributed by atoms with Gasteiger partial charge >= 0.3 is 6.01 Å². The second kappa shape index (κ2) is 8.08. The molecular formula is C23H16N4O3S. The molecule has 0 atom stereocenters. The van der Waals surface area contributed by atoms with Crippen LogP contribution >= 0.6 is 11.8 Å². The third-order valence-corrected chi connectivity index (χ3v) is 5.47. The molecule has 5 aromatic rings. The molecule has 0 unspecified atom stereocenters. The summed E-state index contributed by atoms with van der Waals surface area (Å²) in [5, 5.41) is 11.2. The normalized spacial score (nSPS) is 11.0. The highest BCUT2D eigenvalue weighted by molar-refractivity contribution is 7.98. The number of fused-ring (bicyclic) bond motifs is 1. The lowest BCUT2D eigenvalue weighted by Gasteiger charge is -2.09. The van der Waals surface area contributed by atoms with E-state index >= 15 is 0 Å². The number of rotatable bonds is 5. The molecule has 152 valence electrons. The number of aromatic nitrogens is 3. The van der Waals surface area contributed by atoms with E-state index in [2.05, 4.69) is 15.5 Å². The van der Waals surface area contributed by atoms with Gasteiger partial charge < -0.3 is 8.83 Å². The van der Waals surface area contributed by atoms with Crippen LogP contribution in [0.4, 0.5) is 6.01 Å². The van der Waals surface area contributed by atoms with E-state index < -0.39 is 0 Å². The van der Waals surface area contributed by atoms with Gasteiger partial charge in [0, 0.05) is 15.8 Å². The number of carbonyl (C=O) groups is 1. The Morgan fingerprint density at radius 2 is 1.84 bits per heavy atom. The number of nitrogens with one attached hydrogen (secondary N) is 1. The number of benzene rings is 2. The van der Waals surface area contributed by atoms with E-state index in [1.807, 2.05) is 54.8 Å². The molecule has 3 aromatic heterocycles. The van der Waals surface area contributed by atoms with Gasteiger partial charge in [-0.05, 0) is 42.7 Å². The van der Waals surface area contributed by atoms with Crippen molar-refractivity contribution in [3.63, 3.8) is 0 Å². The van der Waals surface area contributed by atoms with Crippen LogP contribution in [-0.2, 0) is 0 Å². The molecule has 5 rings (SSSR count). The van der Waals surface area contributed by atoms with Crippen molar-refractivity contribution in [3.8, 4) is 22.9 Å². The van der Waals surface area contributed by atoms with Gasteiger partial charge in [-0.25, -0.2) is 4.98 Å². The maximum atomic E-state index is 13.1. The Morgan fingerprint density at radius 3 is 2.61 bits per heavy atom. The standard InChI is InChI=1S/C23H16N4O3S/c1-31-15-10-8-14(9-11-15)19-13-17(16-5-2-3-6-18(16)24-19)21(28)25-23-27-26-22(30-23)20-7-4-12-29-20/h2-13H,1H3,(H,25,27,28). The molecule has 0 saturated carbocycles. The fraction of sp³-hybridized carbons (Fsp3) is 0.0435. The number of nitrogens with zero attached hydrogens (tertiary/aromatic N) is 3. The Labute approximate surface area is 181 Å². The van der Waals surface area contributed by atoms with Crippen molar-refractivity contribution >= 4 is 34.6 Å². The highest BCUT2D eigenvalue weighted by Gasteiger charge is 2.18. The second-order valence-electron chi connectivity index (χ2n) is 6.64. The zero-order valence-corrected chi connectivity index (χ0v) is 17.2. The number of hydrogen-bond acceptors (Lipinski definition) is 7. The Kier molecular flexibility index (Phi) is 4.97. The maximum Gasteiger partial charge on any atom is 0.322 e. The monoisotopic (exact) mass is 428 g/mol. The number of thioether (sulfide) groups is 1. The van der Waals surface area contributed by atoms with Crippen LogP contribution in [0.1, 0.15) is 10.4 Å². The summed E-state index contributed by atoms with van der Waals surface area (Å²) in [6.45, 7) is 0. The molecule has 31 heavy (non-hydrogen) atoms. The first-order chi connectivity index (χ1) is 15.2. The summed E-state index contributed by atoms with van der Waals surface area (Å²) in [6, 6.07) is 20.7. The summed E-state index contributed by atoms with van der Waals surface area (Å²) in [4.78, 5) is 19.0. The molecule has 0 aliphatic heterocycles. The topological polar surface area (TPSA) is 94.1 Å². The van der Waals surface area contributed by atoms with Gasteiger partial charge in [0.2, 0.25) is 0 Å². The number of para-hydroxylation sites is 1. The van der Waals surface area contributed by atoms with E-state index in [0.29, 0.717) is 17.0 Å².